The van der Waals surface area contributed by atoms with E-state index in [2.05, 4.69) is 24.3 Å². The standard InChI is InChI=1S/C12H15N3/c1-15(2)12(9-14)11-6-4-3-5-10(11)7-8-13/h5-6,12H,3-4,7H2,1-2H3. The largest absolute Gasteiger partial charge is 0.291 e. The maximum absolute atomic E-state index is 9.09. The molecular weight excluding hydrogens is 186 g/mol. The fourth-order valence-electron chi connectivity index (χ4n) is 1.76. The van der Waals surface area contributed by atoms with E-state index in [-0.39, 0.29) is 6.04 Å². The first kappa shape index (κ1) is 11.5. The molecule has 0 radical (unpaired) electrons. The van der Waals surface area contributed by atoms with E-state index in [0.29, 0.717) is 6.42 Å². The lowest BCUT2D eigenvalue weighted by atomic mass is 9.90. The molecule has 1 aliphatic carbocycles. The summed E-state index contributed by atoms with van der Waals surface area (Å²) in [5.41, 5.74) is 2.03. The van der Waals surface area contributed by atoms with Gasteiger partial charge in [0, 0.05) is 0 Å². The zero-order valence-electron chi connectivity index (χ0n) is 9.20. The van der Waals surface area contributed by atoms with Gasteiger partial charge in [0.05, 0.1) is 18.6 Å². The van der Waals surface area contributed by atoms with Crippen LogP contribution in [0.5, 0.6) is 0 Å². The van der Waals surface area contributed by atoms with Crippen molar-refractivity contribution in [2.24, 2.45) is 0 Å². The predicted molar refractivity (Wildman–Crippen MR) is 58.7 cm³/mol. The number of hydrogen-bond acceptors (Lipinski definition) is 3. The molecule has 0 aromatic rings. The summed E-state index contributed by atoms with van der Waals surface area (Å²) in [6.45, 7) is 0. The highest BCUT2D eigenvalue weighted by Gasteiger charge is 2.20. The zero-order valence-corrected chi connectivity index (χ0v) is 9.20. The summed E-state index contributed by atoms with van der Waals surface area (Å²) < 4.78 is 0. The van der Waals surface area contributed by atoms with E-state index in [4.69, 9.17) is 10.5 Å². The fourth-order valence-corrected chi connectivity index (χ4v) is 1.76. The topological polar surface area (TPSA) is 50.8 Å². The Hall–Kier alpha value is -1.58. The number of likely N-dealkylation sites (N-methyl/N-ethyl adjacent to an activating group) is 1. The normalized spacial score (nSPS) is 17.4. The van der Waals surface area contributed by atoms with Gasteiger partial charge in [-0.25, -0.2) is 0 Å². The van der Waals surface area contributed by atoms with Gasteiger partial charge in [-0.2, -0.15) is 10.5 Å². The summed E-state index contributed by atoms with van der Waals surface area (Å²) in [6.07, 6.45) is 6.51. The van der Waals surface area contributed by atoms with Gasteiger partial charge in [-0.1, -0.05) is 12.2 Å². The van der Waals surface area contributed by atoms with Crippen LogP contribution < -0.4 is 0 Å². The van der Waals surface area contributed by atoms with Gasteiger partial charge in [-0.05, 0) is 38.1 Å². The van der Waals surface area contributed by atoms with Crippen molar-refractivity contribution in [2.75, 3.05) is 14.1 Å². The van der Waals surface area contributed by atoms with Crippen molar-refractivity contribution in [3.63, 3.8) is 0 Å². The van der Waals surface area contributed by atoms with Crippen molar-refractivity contribution >= 4 is 0 Å². The molecule has 0 spiro atoms. The predicted octanol–water partition coefficient (Wildman–Crippen LogP) is 2.00. The Morgan fingerprint density at radius 3 is 2.53 bits per heavy atom. The summed E-state index contributed by atoms with van der Waals surface area (Å²) >= 11 is 0. The minimum Gasteiger partial charge on any atom is -0.291 e. The van der Waals surface area contributed by atoms with E-state index in [1.807, 2.05) is 19.0 Å². The Bertz CT molecular complexity index is 363. The minimum atomic E-state index is -0.232. The van der Waals surface area contributed by atoms with Crippen LogP contribution in [0.4, 0.5) is 0 Å². The molecule has 0 aliphatic heterocycles. The molecule has 0 N–H and O–H groups in total. The van der Waals surface area contributed by atoms with Crippen LogP contribution in [-0.4, -0.2) is 25.0 Å². The maximum Gasteiger partial charge on any atom is 0.123 e. The summed E-state index contributed by atoms with van der Waals surface area (Å²) in [4.78, 5) is 1.88. The molecule has 0 saturated heterocycles. The highest BCUT2D eigenvalue weighted by Crippen LogP contribution is 2.25. The molecule has 0 fully saturated rings. The summed E-state index contributed by atoms with van der Waals surface area (Å²) in [5, 5.41) is 17.8. The average Bonchev–Trinajstić information content (AvgIpc) is 2.21. The third kappa shape index (κ3) is 2.68. The first-order chi connectivity index (χ1) is 7.20. The molecule has 0 aromatic carbocycles. The van der Waals surface area contributed by atoms with E-state index in [9.17, 15) is 0 Å². The summed E-state index contributed by atoms with van der Waals surface area (Å²) in [7, 11) is 3.76. The van der Waals surface area contributed by atoms with Gasteiger partial charge in [0.25, 0.3) is 0 Å². The van der Waals surface area contributed by atoms with Crippen LogP contribution in [0.1, 0.15) is 19.3 Å². The van der Waals surface area contributed by atoms with E-state index in [1.165, 1.54) is 0 Å². The summed E-state index contributed by atoms with van der Waals surface area (Å²) in [5.74, 6) is 0. The van der Waals surface area contributed by atoms with Gasteiger partial charge in [0.1, 0.15) is 6.04 Å². The number of nitriles is 2. The Morgan fingerprint density at radius 2 is 2.00 bits per heavy atom. The summed E-state index contributed by atoms with van der Waals surface area (Å²) in [6, 6.07) is 4.18. The lowest BCUT2D eigenvalue weighted by molar-refractivity contribution is 0.385. The van der Waals surface area contributed by atoms with Crippen LogP contribution >= 0.6 is 0 Å². The van der Waals surface area contributed by atoms with Crippen LogP contribution in [0.3, 0.4) is 0 Å². The second-order valence-electron chi connectivity index (χ2n) is 3.80. The van der Waals surface area contributed by atoms with Crippen LogP contribution in [0.15, 0.2) is 23.3 Å². The Morgan fingerprint density at radius 1 is 1.33 bits per heavy atom. The molecule has 0 amide bonds. The van der Waals surface area contributed by atoms with Gasteiger partial charge in [0.2, 0.25) is 0 Å². The van der Waals surface area contributed by atoms with Crippen LogP contribution in [0.2, 0.25) is 0 Å². The van der Waals surface area contributed by atoms with Crippen LogP contribution in [0.25, 0.3) is 0 Å². The van der Waals surface area contributed by atoms with Crippen molar-refractivity contribution < 1.29 is 0 Å². The molecule has 78 valence electrons. The third-order valence-electron chi connectivity index (χ3n) is 2.50. The molecule has 1 unspecified atom stereocenters. The van der Waals surface area contributed by atoms with E-state index in [1.54, 1.807) is 0 Å². The van der Waals surface area contributed by atoms with Gasteiger partial charge in [-0.15, -0.1) is 0 Å². The molecule has 0 bridgehead atoms. The van der Waals surface area contributed by atoms with Gasteiger partial charge in [0.15, 0.2) is 0 Å². The molecule has 1 atom stereocenters. The molecule has 0 aromatic heterocycles. The highest BCUT2D eigenvalue weighted by molar-refractivity contribution is 5.42. The number of nitrogens with zero attached hydrogens (tertiary/aromatic N) is 3. The van der Waals surface area contributed by atoms with E-state index < -0.39 is 0 Å². The molecule has 1 rings (SSSR count). The highest BCUT2D eigenvalue weighted by atomic mass is 15.1. The monoisotopic (exact) mass is 201 g/mol. The zero-order chi connectivity index (χ0) is 11.3. The van der Waals surface area contributed by atoms with Crippen LogP contribution in [0, 0.1) is 22.7 Å². The molecule has 0 heterocycles. The van der Waals surface area contributed by atoms with E-state index >= 15 is 0 Å². The van der Waals surface area contributed by atoms with Crippen molar-refractivity contribution in [3.8, 4) is 12.1 Å². The minimum absolute atomic E-state index is 0.232. The molecule has 1 aliphatic rings. The van der Waals surface area contributed by atoms with Crippen LogP contribution in [-0.2, 0) is 0 Å². The van der Waals surface area contributed by atoms with Crippen molar-refractivity contribution in [1.29, 1.82) is 10.5 Å². The lowest BCUT2D eigenvalue weighted by Gasteiger charge is -2.23. The van der Waals surface area contributed by atoms with Gasteiger partial charge < -0.3 is 0 Å². The second kappa shape index (κ2) is 5.34. The van der Waals surface area contributed by atoms with Gasteiger partial charge >= 0.3 is 0 Å². The first-order valence-corrected chi connectivity index (χ1v) is 5.03. The maximum atomic E-state index is 9.09. The van der Waals surface area contributed by atoms with Crippen molar-refractivity contribution in [2.45, 2.75) is 25.3 Å². The molecule has 3 nitrogen and oxygen atoms in total. The smallest absolute Gasteiger partial charge is 0.123 e. The first-order valence-electron chi connectivity index (χ1n) is 5.03. The number of rotatable bonds is 3. The van der Waals surface area contributed by atoms with Crippen molar-refractivity contribution in [3.05, 3.63) is 23.3 Å². The lowest BCUT2D eigenvalue weighted by Crippen LogP contribution is -2.29. The molecule has 15 heavy (non-hydrogen) atoms. The molecule has 3 heteroatoms. The SMILES string of the molecule is CN(C)C(C#N)C1=CCCC=C1CC#N. The van der Waals surface area contributed by atoms with E-state index in [0.717, 1.165) is 24.0 Å². The fraction of sp³-hybridized carbons (Fsp3) is 0.500. The Labute approximate surface area is 90.9 Å². The van der Waals surface area contributed by atoms with Crippen molar-refractivity contribution in [1.82, 2.24) is 4.90 Å². The van der Waals surface area contributed by atoms with Gasteiger partial charge in [-0.3, -0.25) is 4.90 Å². The third-order valence-corrected chi connectivity index (χ3v) is 2.50. The number of allylic oxidation sites excluding steroid dienone is 2. The number of hydrogen-bond donors (Lipinski definition) is 0. The molecular formula is C12H15N3. The molecule has 0 saturated carbocycles. The quantitative estimate of drug-likeness (QED) is 0.701. The Balaban J connectivity index is 2.93. The second-order valence-corrected chi connectivity index (χ2v) is 3.80. The average molecular weight is 201 g/mol. The Kier molecular flexibility index (Phi) is 4.09.